The molecule has 1 amide bonds. The van der Waals surface area contributed by atoms with Crippen LogP contribution in [0.1, 0.15) is 44.9 Å². The summed E-state index contributed by atoms with van der Waals surface area (Å²) in [5, 5.41) is 3.09. The Bertz CT molecular complexity index is 998. The molecule has 6 heteroatoms. The van der Waals surface area contributed by atoms with Crippen LogP contribution in [-0.4, -0.2) is 18.0 Å². The van der Waals surface area contributed by atoms with Gasteiger partial charge in [0.25, 0.3) is 5.91 Å². The van der Waals surface area contributed by atoms with Crippen LogP contribution >= 0.6 is 0 Å². The number of ether oxygens (including phenoxy) is 1. The van der Waals surface area contributed by atoms with E-state index in [-0.39, 0.29) is 5.91 Å². The number of furan rings is 1. The number of carbonyl (C=O) groups is 1. The van der Waals surface area contributed by atoms with E-state index in [1.165, 1.54) is 0 Å². The van der Waals surface area contributed by atoms with E-state index in [2.05, 4.69) is 22.3 Å². The molecule has 0 fully saturated rings. The standard InChI is InChI=1S/C22H23N3O3/c1-14-11-17(13-27-3)19-21(23-14)25(12-16-7-5-4-6-8-16)20(24-22(19)26)18-10-9-15(2)28-18/h4-11,20H,12-13H2,1-3H3,(H,24,26). The molecular weight excluding hydrogens is 354 g/mol. The molecule has 144 valence electrons. The Hall–Kier alpha value is -3.12. The van der Waals surface area contributed by atoms with Crippen LogP contribution in [0.3, 0.4) is 0 Å². The van der Waals surface area contributed by atoms with Crippen molar-refractivity contribution < 1.29 is 13.9 Å². The fourth-order valence-electron chi connectivity index (χ4n) is 3.62. The maximum Gasteiger partial charge on any atom is 0.257 e. The van der Waals surface area contributed by atoms with Crippen molar-refractivity contribution in [2.75, 3.05) is 12.0 Å². The topological polar surface area (TPSA) is 67.6 Å². The first-order chi connectivity index (χ1) is 13.6. The van der Waals surface area contributed by atoms with Crippen molar-refractivity contribution in [1.82, 2.24) is 10.3 Å². The largest absolute Gasteiger partial charge is 0.462 e. The molecule has 1 N–H and O–H groups in total. The average Bonchev–Trinajstić information content (AvgIpc) is 3.10. The molecule has 1 aliphatic heterocycles. The van der Waals surface area contributed by atoms with Gasteiger partial charge in [0, 0.05) is 19.3 Å². The summed E-state index contributed by atoms with van der Waals surface area (Å²) < 4.78 is 11.2. The predicted molar refractivity (Wildman–Crippen MR) is 106 cm³/mol. The smallest absolute Gasteiger partial charge is 0.257 e. The number of hydrogen-bond acceptors (Lipinski definition) is 5. The van der Waals surface area contributed by atoms with Crippen LogP contribution in [0, 0.1) is 13.8 Å². The molecule has 1 aromatic carbocycles. The first-order valence-electron chi connectivity index (χ1n) is 9.24. The van der Waals surface area contributed by atoms with Crippen LogP contribution in [0.5, 0.6) is 0 Å². The summed E-state index contributed by atoms with van der Waals surface area (Å²) in [6, 6.07) is 15.8. The Labute approximate surface area is 164 Å². The molecule has 0 bridgehead atoms. The van der Waals surface area contributed by atoms with Gasteiger partial charge in [0.2, 0.25) is 0 Å². The molecule has 1 unspecified atom stereocenters. The maximum atomic E-state index is 13.0. The van der Waals surface area contributed by atoms with E-state index in [1.807, 2.05) is 50.2 Å². The van der Waals surface area contributed by atoms with E-state index < -0.39 is 6.17 Å². The van der Waals surface area contributed by atoms with E-state index in [0.29, 0.717) is 30.3 Å². The van der Waals surface area contributed by atoms with Crippen molar-refractivity contribution in [2.45, 2.75) is 33.2 Å². The van der Waals surface area contributed by atoms with Gasteiger partial charge in [0.15, 0.2) is 6.17 Å². The first kappa shape index (κ1) is 18.3. The van der Waals surface area contributed by atoms with Crippen molar-refractivity contribution in [3.05, 3.63) is 82.4 Å². The molecule has 0 saturated carbocycles. The second-order valence-electron chi connectivity index (χ2n) is 6.99. The van der Waals surface area contributed by atoms with Gasteiger partial charge in [-0.3, -0.25) is 4.79 Å². The third-order valence-electron chi connectivity index (χ3n) is 4.81. The first-order valence-corrected chi connectivity index (χ1v) is 9.24. The molecule has 0 spiro atoms. The van der Waals surface area contributed by atoms with Gasteiger partial charge in [-0.1, -0.05) is 30.3 Å². The van der Waals surface area contributed by atoms with Gasteiger partial charge >= 0.3 is 0 Å². The number of anilines is 1. The average molecular weight is 377 g/mol. The molecule has 1 atom stereocenters. The third-order valence-corrected chi connectivity index (χ3v) is 4.81. The number of nitrogens with one attached hydrogen (secondary N) is 1. The number of aromatic nitrogens is 1. The van der Waals surface area contributed by atoms with Gasteiger partial charge in [-0.05, 0) is 43.2 Å². The fourth-order valence-corrected chi connectivity index (χ4v) is 3.62. The molecule has 4 rings (SSSR count). The van der Waals surface area contributed by atoms with Crippen LogP contribution < -0.4 is 10.2 Å². The number of carbonyl (C=O) groups excluding carboxylic acids is 1. The predicted octanol–water partition coefficient (Wildman–Crippen LogP) is 3.89. The number of pyridine rings is 1. The van der Waals surface area contributed by atoms with Crippen LogP contribution in [0.2, 0.25) is 0 Å². The summed E-state index contributed by atoms with van der Waals surface area (Å²) in [6.07, 6.45) is -0.432. The minimum Gasteiger partial charge on any atom is -0.462 e. The van der Waals surface area contributed by atoms with Gasteiger partial charge in [-0.15, -0.1) is 0 Å². The zero-order valence-electron chi connectivity index (χ0n) is 16.2. The third kappa shape index (κ3) is 3.39. The zero-order chi connectivity index (χ0) is 19.7. The van der Waals surface area contributed by atoms with Crippen molar-refractivity contribution >= 4 is 11.7 Å². The molecule has 0 aliphatic carbocycles. The lowest BCUT2D eigenvalue weighted by molar-refractivity contribution is 0.0913. The second-order valence-corrected chi connectivity index (χ2v) is 6.99. The van der Waals surface area contributed by atoms with Gasteiger partial charge in [-0.2, -0.15) is 0 Å². The van der Waals surface area contributed by atoms with Gasteiger partial charge in [0.05, 0.1) is 12.2 Å². The summed E-state index contributed by atoms with van der Waals surface area (Å²) in [7, 11) is 1.62. The van der Waals surface area contributed by atoms with E-state index in [9.17, 15) is 4.79 Å². The van der Waals surface area contributed by atoms with Crippen molar-refractivity contribution in [3.8, 4) is 0 Å². The molecule has 6 nitrogen and oxygen atoms in total. The molecule has 28 heavy (non-hydrogen) atoms. The summed E-state index contributed by atoms with van der Waals surface area (Å²) in [6.45, 7) is 4.76. The van der Waals surface area contributed by atoms with Crippen LogP contribution in [0.25, 0.3) is 0 Å². The lowest BCUT2D eigenvalue weighted by Crippen LogP contribution is -2.47. The number of aryl methyl sites for hydroxylation is 2. The number of methoxy groups -OCH3 is 1. The highest BCUT2D eigenvalue weighted by molar-refractivity contribution is 6.02. The van der Waals surface area contributed by atoms with E-state index in [0.717, 1.165) is 22.6 Å². The van der Waals surface area contributed by atoms with Crippen molar-refractivity contribution in [3.63, 3.8) is 0 Å². The molecule has 0 saturated heterocycles. The Kier molecular flexibility index (Phi) is 4.88. The monoisotopic (exact) mass is 377 g/mol. The summed E-state index contributed by atoms with van der Waals surface area (Å²) in [5.74, 6) is 1.97. The quantitative estimate of drug-likeness (QED) is 0.731. The molecular formula is C22H23N3O3. The van der Waals surface area contributed by atoms with Gasteiger partial charge in [0.1, 0.15) is 17.3 Å². The second kappa shape index (κ2) is 7.48. The number of benzene rings is 1. The van der Waals surface area contributed by atoms with Crippen LogP contribution in [0.4, 0.5) is 5.82 Å². The normalized spacial score (nSPS) is 16.0. The Morgan fingerprint density at radius 2 is 1.96 bits per heavy atom. The zero-order valence-corrected chi connectivity index (χ0v) is 16.2. The van der Waals surface area contributed by atoms with E-state index >= 15 is 0 Å². The fraction of sp³-hybridized carbons (Fsp3) is 0.273. The maximum absolute atomic E-state index is 13.0. The summed E-state index contributed by atoms with van der Waals surface area (Å²) in [5.41, 5.74) is 3.35. The van der Waals surface area contributed by atoms with Crippen LogP contribution in [-0.2, 0) is 17.9 Å². The van der Waals surface area contributed by atoms with Gasteiger partial charge in [-0.25, -0.2) is 4.98 Å². The number of hydrogen-bond donors (Lipinski definition) is 1. The minimum absolute atomic E-state index is 0.169. The minimum atomic E-state index is -0.432. The summed E-state index contributed by atoms with van der Waals surface area (Å²) in [4.78, 5) is 19.8. The Morgan fingerprint density at radius 1 is 1.18 bits per heavy atom. The van der Waals surface area contributed by atoms with Crippen molar-refractivity contribution in [1.29, 1.82) is 0 Å². The highest BCUT2D eigenvalue weighted by atomic mass is 16.5. The number of amides is 1. The molecule has 3 aromatic rings. The Morgan fingerprint density at radius 3 is 2.64 bits per heavy atom. The number of rotatable bonds is 5. The summed E-state index contributed by atoms with van der Waals surface area (Å²) >= 11 is 0. The lowest BCUT2D eigenvalue weighted by atomic mass is 10.0. The van der Waals surface area contributed by atoms with Crippen molar-refractivity contribution in [2.24, 2.45) is 0 Å². The molecule has 1 aliphatic rings. The molecule has 0 radical (unpaired) electrons. The highest BCUT2D eigenvalue weighted by Crippen LogP contribution is 2.36. The molecule has 3 heterocycles. The number of fused-ring (bicyclic) bond motifs is 1. The molecule has 2 aromatic heterocycles. The lowest BCUT2D eigenvalue weighted by Gasteiger charge is -2.38. The van der Waals surface area contributed by atoms with E-state index in [4.69, 9.17) is 14.1 Å². The highest BCUT2D eigenvalue weighted by Gasteiger charge is 2.36. The Balaban J connectivity index is 1.85. The van der Waals surface area contributed by atoms with Crippen LogP contribution in [0.15, 0.2) is 52.9 Å². The SMILES string of the molecule is COCc1cc(C)nc2c1C(=O)NC(c1ccc(C)o1)N2Cc1ccccc1. The van der Waals surface area contributed by atoms with Gasteiger partial charge < -0.3 is 19.4 Å². The van der Waals surface area contributed by atoms with E-state index in [1.54, 1.807) is 7.11 Å². The number of nitrogens with zero attached hydrogens (tertiary/aromatic N) is 2.